The summed E-state index contributed by atoms with van der Waals surface area (Å²) in [6, 6.07) is 0. The van der Waals surface area contributed by atoms with Crippen molar-refractivity contribution in [3.63, 3.8) is 0 Å². The van der Waals surface area contributed by atoms with Crippen LogP contribution in [-0.2, 0) is 4.74 Å². The third-order valence-electron chi connectivity index (χ3n) is 4.89. The maximum Gasteiger partial charge on any atom is 0.0873 e. The van der Waals surface area contributed by atoms with E-state index in [0.29, 0.717) is 23.7 Å². The SMILES string of the molecule is OC1C2CC3C1OC1CC2C3C1O. The van der Waals surface area contributed by atoms with Crippen LogP contribution < -0.4 is 0 Å². The van der Waals surface area contributed by atoms with Gasteiger partial charge in [-0.2, -0.15) is 0 Å². The Balaban J connectivity index is 1.85. The Kier molecular flexibility index (Phi) is 1.08. The number of aliphatic hydroxyl groups excluding tert-OH is 2. The second-order valence-electron chi connectivity index (χ2n) is 5.16. The molecule has 0 aromatic carbocycles. The lowest BCUT2D eigenvalue weighted by molar-refractivity contribution is -0.173. The number of fused-ring (bicyclic) bond motifs is 3. The normalized spacial score (nSPS) is 72.5. The van der Waals surface area contributed by atoms with Gasteiger partial charge in [-0.1, -0.05) is 0 Å². The molecule has 0 amide bonds. The van der Waals surface area contributed by atoms with E-state index in [1.54, 1.807) is 0 Å². The minimum absolute atomic E-state index is 0.0381. The lowest BCUT2D eigenvalue weighted by Gasteiger charge is -2.40. The molecule has 3 saturated carbocycles. The van der Waals surface area contributed by atoms with Gasteiger partial charge in [-0.3, -0.25) is 0 Å². The molecule has 72 valence electrons. The molecule has 1 aliphatic heterocycles. The molecule has 2 N–H and O–H groups in total. The van der Waals surface area contributed by atoms with Crippen LogP contribution in [0.2, 0.25) is 0 Å². The molecule has 3 heteroatoms. The first-order chi connectivity index (χ1) is 6.27. The molecule has 8 unspecified atom stereocenters. The minimum atomic E-state index is -0.233. The molecule has 0 aromatic heterocycles. The van der Waals surface area contributed by atoms with Gasteiger partial charge < -0.3 is 14.9 Å². The summed E-state index contributed by atoms with van der Waals surface area (Å²) >= 11 is 0. The fourth-order valence-electron chi connectivity index (χ4n) is 4.51. The first kappa shape index (κ1) is 7.21. The third kappa shape index (κ3) is 0.602. The van der Waals surface area contributed by atoms with Gasteiger partial charge >= 0.3 is 0 Å². The van der Waals surface area contributed by atoms with Gasteiger partial charge in [-0.05, 0) is 36.5 Å². The Labute approximate surface area is 76.7 Å². The Morgan fingerprint density at radius 2 is 1.77 bits per heavy atom. The molecule has 0 aromatic rings. The molecular weight excluding hydrogens is 168 g/mol. The highest BCUT2D eigenvalue weighted by molar-refractivity contribution is 5.16. The average Bonchev–Trinajstić information content (AvgIpc) is 2.60. The van der Waals surface area contributed by atoms with Gasteiger partial charge in [0.1, 0.15) is 0 Å². The van der Waals surface area contributed by atoms with E-state index >= 15 is 0 Å². The lowest BCUT2D eigenvalue weighted by Crippen LogP contribution is -2.50. The van der Waals surface area contributed by atoms with Gasteiger partial charge in [-0.15, -0.1) is 0 Å². The maximum atomic E-state index is 9.91. The second-order valence-corrected chi connectivity index (χ2v) is 5.16. The molecule has 13 heavy (non-hydrogen) atoms. The molecule has 8 atom stereocenters. The van der Waals surface area contributed by atoms with Crippen molar-refractivity contribution in [3.05, 3.63) is 0 Å². The predicted molar refractivity (Wildman–Crippen MR) is 43.9 cm³/mol. The molecule has 4 fully saturated rings. The fourth-order valence-corrected chi connectivity index (χ4v) is 4.51. The molecule has 3 nitrogen and oxygen atoms in total. The van der Waals surface area contributed by atoms with Gasteiger partial charge in [0.15, 0.2) is 0 Å². The van der Waals surface area contributed by atoms with Gasteiger partial charge in [0.25, 0.3) is 0 Å². The van der Waals surface area contributed by atoms with Crippen molar-refractivity contribution < 1.29 is 14.9 Å². The Morgan fingerprint density at radius 3 is 2.62 bits per heavy atom. The van der Waals surface area contributed by atoms with Crippen molar-refractivity contribution >= 4 is 0 Å². The van der Waals surface area contributed by atoms with Gasteiger partial charge in [0.05, 0.1) is 24.4 Å². The van der Waals surface area contributed by atoms with Crippen LogP contribution in [-0.4, -0.2) is 34.6 Å². The van der Waals surface area contributed by atoms with E-state index < -0.39 is 0 Å². The smallest absolute Gasteiger partial charge is 0.0873 e. The summed E-state index contributed by atoms with van der Waals surface area (Å²) in [5, 5.41) is 19.8. The van der Waals surface area contributed by atoms with E-state index in [2.05, 4.69) is 0 Å². The maximum absolute atomic E-state index is 9.91. The van der Waals surface area contributed by atoms with E-state index in [1.807, 2.05) is 0 Å². The molecule has 0 radical (unpaired) electrons. The van der Waals surface area contributed by atoms with Crippen molar-refractivity contribution in [3.8, 4) is 0 Å². The van der Waals surface area contributed by atoms with Crippen LogP contribution in [0.15, 0.2) is 0 Å². The number of rotatable bonds is 0. The molecule has 4 bridgehead atoms. The fraction of sp³-hybridized carbons (Fsp3) is 1.00. The van der Waals surface area contributed by atoms with Crippen LogP contribution in [0.1, 0.15) is 12.8 Å². The largest absolute Gasteiger partial charge is 0.390 e. The Hall–Kier alpha value is -0.120. The first-order valence-corrected chi connectivity index (χ1v) is 5.29. The summed E-state index contributed by atoms with van der Waals surface area (Å²) in [4.78, 5) is 0. The molecule has 3 aliphatic carbocycles. The van der Waals surface area contributed by atoms with E-state index in [1.165, 1.54) is 0 Å². The highest BCUT2D eigenvalue weighted by atomic mass is 16.5. The Bertz CT molecular complexity index is 259. The van der Waals surface area contributed by atoms with Crippen LogP contribution in [0.4, 0.5) is 0 Å². The predicted octanol–water partition coefficient (Wildman–Crippen LogP) is -0.239. The number of hydrogen-bond acceptors (Lipinski definition) is 3. The number of ether oxygens (including phenoxy) is 1. The van der Waals surface area contributed by atoms with Crippen molar-refractivity contribution in [1.82, 2.24) is 0 Å². The minimum Gasteiger partial charge on any atom is -0.390 e. The van der Waals surface area contributed by atoms with E-state index in [4.69, 9.17) is 4.74 Å². The van der Waals surface area contributed by atoms with Crippen LogP contribution in [0.25, 0.3) is 0 Å². The average molecular weight is 182 g/mol. The van der Waals surface area contributed by atoms with Gasteiger partial charge in [0, 0.05) is 0 Å². The van der Waals surface area contributed by atoms with Gasteiger partial charge in [0.2, 0.25) is 0 Å². The molecule has 4 aliphatic rings. The van der Waals surface area contributed by atoms with Crippen molar-refractivity contribution in [2.75, 3.05) is 0 Å². The van der Waals surface area contributed by atoms with E-state index in [9.17, 15) is 10.2 Å². The summed E-state index contributed by atoms with van der Waals surface area (Å²) in [5.74, 6) is 1.90. The molecular formula is C10H14O3. The number of hydrogen-bond donors (Lipinski definition) is 2. The highest BCUT2D eigenvalue weighted by Crippen LogP contribution is 2.63. The molecule has 1 heterocycles. The first-order valence-electron chi connectivity index (χ1n) is 5.29. The summed E-state index contributed by atoms with van der Waals surface area (Å²) in [6.45, 7) is 0. The van der Waals surface area contributed by atoms with Crippen LogP contribution in [0, 0.1) is 23.7 Å². The van der Waals surface area contributed by atoms with Crippen molar-refractivity contribution in [2.45, 2.75) is 37.3 Å². The van der Waals surface area contributed by atoms with Crippen LogP contribution in [0.3, 0.4) is 0 Å². The third-order valence-corrected chi connectivity index (χ3v) is 4.89. The standard InChI is InChI=1S/C10H14O3/c11-8-4-1-5-7-3(4)2-6(9(7)12)13-10(5)8/h3-12H,1-2H2. The zero-order valence-corrected chi connectivity index (χ0v) is 7.34. The summed E-state index contributed by atoms with van der Waals surface area (Å²) in [5.41, 5.74) is 0. The lowest BCUT2D eigenvalue weighted by atomic mass is 9.77. The zero-order chi connectivity index (χ0) is 8.74. The monoisotopic (exact) mass is 182 g/mol. The summed E-state index contributed by atoms with van der Waals surface area (Å²) < 4.78 is 5.75. The molecule has 4 rings (SSSR count). The highest BCUT2D eigenvalue weighted by Gasteiger charge is 2.68. The summed E-state index contributed by atoms with van der Waals surface area (Å²) in [7, 11) is 0. The quantitative estimate of drug-likeness (QED) is 0.543. The van der Waals surface area contributed by atoms with Crippen LogP contribution in [0.5, 0.6) is 0 Å². The van der Waals surface area contributed by atoms with Crippen molar-refractivity contribution in [1.29, 1.82) is 0 Å². The molecule has 1 saturated heterocycles. The van der Waals surface area contributed by atoms with E-state index in [0.717, 1.165) is 12.8 Å². The van der Waals surface area contributed by atoms with Crippen molar-refractivity contribution in [2.24, 2.45) is 23.7 Å². The second kappa shape index (κ2) is 1.95. The van der Waals surface area contributed by atoms with E-state index in [-0.39, 0.29) is 24.4 Å². The number of aliphatic hydroxyl groups is 2. The zero-order valence-electron chi connectivity index (χ0n) is 7.34. The van der Waals surface area contributed by atoms with Crippen LogP contribution >= 0.6 is 0 Å². The Morgan fingerprint density at radius 1 is 0.923 bits per heavy atom. The van der Waals surface area contributed by atoms with Gasteiger partial charge in [-0.25, -0.2) is 0 Å². The molecule has 0 spiro atoms. The topological polar surface area (TPSA) is 49.7 Å². The summed E-state index contributed by atoms with van der Waals surface area (Å²) in [6.07, 6.45) is 1.71.